The summed E-state index contributed by atoms with van der Waals surface area (Å²) in [7, 11) is 0. The minimum Gasteiger partial charge on any atom is -0.103 e. The minimum atomic E-state index is 0.585. The van der Waals surface area contributed by atoms with Crippen LogP contribution in [-0.2, 0) is 0 Å². The first-order valence-electron chi connectivity index (χ1n) is 9.72. The topological polar surface area (TPSA) is 0 Å². The monoisotopic (exact) mass is 312 g/mol. The molecule has 0 aliphatic heterocycles. The molecular weight excluding hydrogens is 276 g/mol. The predicted molar refractivity (Wildman–Crippen MR) is 103 cm³/mol. The van der Waals surface area contributed by atoms with Crippen LogP contribution >= 0.6 is 0 Å². The van der Waals surface area contributed by atoms with Gasteiger partial charge in [-0.3, -0.25) is 0 Å². The summed E-state index contributed by atoms with van der Waals surface area (Å²) in [6.07, 6.45) is 14.4. The summed E-state index contributed by atoms with van der Waals surface area (Å²) in [4.78, 5) is 0. The van der Waals surface area contributed by atoms with Crippen LogP contribution in [-0.4, -0.2) is 0 Å². The van der Waals surface area contributed by atoms with Crippen molar-refractivity contribution in [3.8, 4) is 0 Å². The summed E-state index contributed by atoms with van der Waals surface area (Å²) in [5.41, 5.74) is 3.30. The van der Waals surface area contributed by atoms with Crippen molar-refractivity contribution in [2.45, 2.75) is 59.3 Å². The maximum absolute atomic E-state index is 4.58. The lowest BCUT2D eigenvalue weighted by Crippen LogP contribution is -2.38. The van der Waals surface area contributed by atoms with E-state index in [0.717, 1.165) is 5.92 Å². The van der Waals surface area contributed by atoms with Crippen LogP contribution in [0.15, 0.2) is 49.1 Å². The molecule has 2 aliphatic rings. The number of rotatable bonds is 7. The third kappa shape index (κ3) is 3.73. The van der Waals surface area contributed by atoms with Crippen LogP contribution in [0.25, 0.3) is 0 Å². The third-order valence-electron chi connectivity index (χ3n) is 6.52. The van der Waals surface area contributed by atoms with Crippen molar-refractivity contribution in [3.05, 3.63) is 49.1 Å². The quantitative estimate of drug-likeness (QED) is 0.445. The molecule has 0 heterocycles. The summed E-state index contributed by atoms with van der Waals surface area (Å²) in [6, 6.07) is 0. The van der Waals surface area contributed by atoms with Crippen molar-refractivity contribution in [2.24, 2.45) is 35.5 Å². The molecule has 6 atom stereocenters. The van der Waals surface area contributed by atoms with Crippen molar-refractivity contribution in [3.63, 3.8) is 0 Å². The first kappa shape index (κ1) is 18.3. The summed E-state index contributed by atoms with van der Waals surface area (Å²) in [6.45, 7) is 19.6. The molecule has 6 unspecified atom stereocenters. The van der Waals surface area contributed by atoms with Crippen molar-refractivity contribution in [2.75, 3.05) is 0 Å². The second kappa shape index (κ2) is 8.18. The molecule has 128 valence electrons. The molecular formula is C23H36. The Bertz CT molecular complexity index is 466. The van der Waals surface area contributed by atoms with Gasteiger partial charge in [0.05, 0.1) is 0 Å². The summed E-state index contributed by atoms with van der Waals surface area (Å²) >= 11 is 0. The molecule has 0 heteroatoms. The summed E-state index contributed by atoms with van der Waals surface area (Å²) in [5, 5.41) is 0. The van der Waals surface area contributed by atoms with Crippen LogP contribution in [0.1, 0.15) is 59.3 Å². The summed E-state index contributed by atoms with van der Waals surface area (Å²) < 4.78 is 0. The van der Waals surface area contributed by atoms with Crippen molar-refractivity contribution in [1.29, 1.82) is 0 Å². The van der Waals surface area contributed by atoms with E-state index in [0.29, 0.717) is 29.6 Å². The average Bonchev–Trinajstić information content (AvgIpc) is 2.58. The van der Waals surface area contributed by atoms with Crippen LogP contribution < -0.4 is 0 Å². The molecule has 0 amide bonds. The molecule has 1 fully saturated rings. The Morgan fingerprint density at radius 2 is 1.83 bits per heavy atom. The molecule has 0 bridgehead atoms. The van der Waals surface area contributed by atoms with Gasteiger partial charge in [0, 0.05) is 0 Å². The van der Waals surface area contributed by atoms with Crippen LogP contribution in [0.5, 0.6) is 0 Å². The minimum absolute atomic E-state index is 0.585. The van der Waals surface area contributed by atoms with E-state index in [-0.39, 0.29) is 0 Å². The van der Waals surface area contributed by atoms with E-state index in [1.165, 1.54) is 38.5 Å². The van der Waals surface area contributed by atoms with Gasteiger partial charge in [-0.15, -0.1) is 13.2 Å². The normalized spacial score (nSPS) is 35.2. The molecule has 0 nitrogen and oxygen atoms in total. The lowest BCUT2D eigenvalue weighted by atomic mass is 9.57. The van der Waals surface area contributed by atoms with Gasteiger partial charge >= 0.3 is 0 Å². The molecule has 0 saturated heterocycles. The number of hydrogen-bond acceptors (Lipinski definition) is 0. The van der Waals surface area contributed by atoms with E-state index in [1.54, 1.807) is 11.1 Å². The van der Waals surface area contributed by atoms with Crippen molar-refractivity contribution >= 4 is 0 Å². The second-order valence-electron chi connectivity index (χ2n) is 7.75. The second-order valence-corrected chi connectivity index (χ2v) is 7.75. The molecule has 1 saturated carbocycles. The molecule has 0 radical (unpaired) electrons. The Labute approximate surface area is 144 Å². The van der Waals surface area contributed by atoms with E-state index < -0.39 is 0 Å². The van der Waals surface area contributed by atoms with Crippen LogP contribution in [0, 0.1) is 35.5 Å². The fourth-order valence-electron chi connectivity index (χ4n) is 5.06. The van der Waals surface area contributed by atoms with Gasteiger partial charge in [-0.25, -0.2) is 0 Å². The molecule has 2 rings (SSSR count). The Hall–Kier alpha value is -1.04. The van der Waals surface area contributed by atoms with E-state index in [1.807, 2.05) is 0 Å². The SMILES string of the molecule is C=CC(C)CCC1C2=CC(C=C)CCC2C(CC)C(=C)C1CC. The van der Waals surface area contributed by atoms with Gasteiger partial charge in [0.25, 0.3) is 0 Å². The molecule has 0 aromatic rings. The van der Waals surface area contributed by atoms with Crippen LogP contribution in [0.3, 0.4) is 0 Å². The van der Waals surface area contributed by atoms with Gasteiger partial charge in [-0.1, -0.05) is 56.7 Å². The van der Waals surface area contributed by atoms with E-state index in [9.17, 15) is 0 Å². The highest BCUT2D eigenvalue weighted by Gasteiger charge is 2.42. The standard InChI is InChI=1S/C23H36/c1-7-16(5)11-13-21-19(9-3)17(6)20(10-4)22-14-12-18(8-2)15-23(21)22/h7-8,15-16,18-22H,1-2,6,9-14H2,3-5H3. The zero-order chi connectivity index (χ0) is 17.0. The highest BCUT2D eigenvalue weighted by molar-refractivity contribution is 5.30. The Morgan fingerprint density at radius 1 is 1.13 bits per heavy atom. The fourth-order valence-corrected chi connectivity index (χ4v) is 5.06. The third-order valence-corrected chi connectivity index (χ3v) is 6.52. The highest BCUT2D eigenvalue weighted by Crippen LogP contribution is 2.53. The van der Waals surface area contributed by atoms with Gasteiger partial charge in [0.15, 0.2) is 0 Å². The van der Waals surface area contributed by atoms with Crippen LogP contribution in [0.2, 0.25) is 0 Å². The van der Waals surface area contributed by atoms with Gasteiger partial charge in [0.1, 0.15) is 0 Å². The zero-order valence-electron chi connectivity index (χ0n) is 15.6. The lowest BCUT2D eigenvalue weighted by molar-refractivity contribution is 0.212. The number of allylic oxidation sites excluding steroid dienone is 5. The van der Waals surface area contributed by atoms with Gasteiger partial charge in [0.2, 0.25) is 0 Å². The van der Waals surface area contributed by atoms with Gasteiger partial charge in [-0.05, 0) is 74.0 Å². The molecule has 0 aromatic heterocycles. The first-order valence-corrected chi connectivity index (χ1v) is 9.72. The maximum atomic E-state index is 4.58. The smallest absolute Gasteiger partial charge is 0.00531 e. The largest absolute Gasteiger partial charge is 0.103 e. The highest BCUT2D eigenvalue weighted by atomic mass is 14.5. The Kier molecular flexibility index (Phi) is 6.50. The number of hydrogen-bond donors (Lipinski definition) is 0. The van der Waals surface area contributed by atoms with Gasteiger partial charge < -0.3 is 0 Å². The molecule has 0 N–H and O–H groups in total. The molecule has 23 heavy (non-hydrogen) atoms. The zero-order valence-corrected chi connectivity index (χ0v) is 15.6. The fraction of sp³-hybridized carbons (Fsp3) is 0.652. The molecule has 2 aliphatic carbocycles. The van der Waals surface area contributed by atoms with E-state index in [2.05, 4.69) is 58.7 Å². The maximum Gasteiger partial charge on any atom is -0.00531 e. The summed E-state index contributed by atoms with van der Waals surface area (Å²) in [5.74, 6) is 4.01. The van der Waals surface area contributed by atoms with E-state index >= 15 is 0 Å². The molecule has 0 spiro atoms. The average molecular weight is 313 g/mol. The van der Waals surface area contributed by atoms with Crippen LogP contribution in [0.4, 0.5) is 0 Å². The van der Waals surface area contributed by atoms with E-state index in [4.69, 9.17) is 0 Å². The van der Waals surface area contributed by atoms with Gasteiger partial charge in [-0.2, -0.15) is 0 Å². The van der Waals surface area contributed by atoms with Crippen molar-refractivity contribution < 1.29 is 0 Å². The number of fused-ring (bicyclic) bond motifs is 1. The Balaban J connectivity index is 2.33. The lowest BCUT2D eigenvalue weighted by Gasteiger charge is -2.48. The van der Waals surface area contributed by atoms with Crippen molar-refractivity contribution in [1.82, 2.24) is 0 Å². The molecule has 0 aromatic carbocycles. The Morgan fingerprint density at radius 3 is 2.39 bits per heavy atom. The predicted octanol–water partition coefficient (Wildman–Crippen LogP) is 6.97. The first-order chi connectivity index (χ1) is 11.1.